The van der Waals surface area contributed by atoms with Crippen LogP contribution in [0.2, 0.25) is 0 Å². The first-order valence-electron chi connectivity index (χ1n) is 5.12. The Morgan fingerprint density at radius 2 is 2.20 bits per heavy atom. The van der Waals surface area contributed by atoms with Crippen LogP contribution >= 0.6 is 0 Å². The predicted octanol–water partition coefficient (Wildman–Crippen LogP) is 2.38. The van der Waals surface area contributed by atoms with Crippen LogP contribution in [0.1, 0.15) is 25.8 Å². The molecule has 2 N–H and O–H groups in total. The van der Waals surface area contributed by atoms with Crippen molar-refractivity contribution >= 4 is 11.4 Å². The Balaban J connectivity index is 2.98. The Kier molecular flexibility index (Phi) is 3.56. The zero-order chi connectivity index (χ0) is 11.4. The summed E-state index contributed by atoms with van der Waals surface area (Å²) in [5.41, 5.74) is 7.90. The number of benzene rings is 1. The number of nitrogens with zero attached hydrogens (tertiary/aromatic N) is 2. The zero-order valence-electron chi connectivity index (χ0n) is 9.49. The van der Waals surface area contributed by atoms with E-state index in [1.54, 1.807) is 6.07 Å². The van der Waals surface area contributed by atoms with Crippen LogP contribution in [0.5, 0.6) is 0 Å². The van der Waals surface area contributed by atoms with Gasteiger partial charge in [0.1, 0.15) is 6.07 Å². The minimum Gasteiger partial charge on any atom is -0.398 e. The molecule has 0 amide bonds. The second-order valence-corrected chi connectivity index (χ2v) is 3.75. The average molecular weight is 203 g/mol. The Labute approximate surface area is 91.1 Å². The quantitative estimate of drug-likeness (QED) is 0.767. The summed E-state index contributed by atoms with van der Waals surface area (Å²) in [6, 6.07) is 8.08. The molecular formula is C12H17N3. The molecule has 0 aliphatic rings. The predicted molar refractivity (Wildman–Crippen MR) is 63.7 cm³/mol. The van der Waals surface area contributed by atoms with Gasteiger partial charge in [-0.05, 0) is 31.5 Å². The van der Waals surface area contributed by atoms with E-state index in [1.807, 2.05) is 19.2 Å². The Hall–Kier alpha value is -1.69. The van der Waals surface area contributed by atoms with Gasteiger partial charge in [-0.25, -0.2) is 0 Å². The maximum atomic E-state index is 8.76. The summed E-state index contributed by atoms with van der Waals surface area (Å²) in [6.07, 6.45) is 1.08. The maximum Gasteiger partial charge on any atom is 0.101 e. The van der Waals surface area contributed by atoms with Crippen molar-refractivity contribution < 1.29 is 0 Å². The molecule has 1 rings (SSSR count). The van der Waals surface area contributed by atoms with E-state index in [9.17, 15) is 0 Å². The van der Waals surface area contributed by atoms with E-state index in [2.05, 4.69) is 24.8 Å². The Morgan fingerprint density at radius 3 is 2.67 bits per heavy atom. The first-order chi connectivity index (χ1) is 7.10. The van der Waals surface area contributed by atoms with Gasteiger partial charge in [0, 0.05) is 18.8 Å². The highest BCUT2D eigenvalue weighted by atomic mass is 15.1. The molecule has 0 bridgehead atoms. The second kappa shape index (κ2) is 4.70. The first kappa shape index (κ1) is 11.4. The lowest BCUT2D eigenvalue weighted by Gasteiger charge is -2.26. The first-order valence-corrected chi connectivity index (χ1v) is 5.12. The summed E-state index contributed by atoms with van der Waals surface area (Å²) in [6.45, 7) is 4.31. The van der Waals surface area contributed by atoms with Crippen molar-refractivity contribution in [3.63, 3.8) is 0 Å². The Bertz CT molecular complexity index is 379. The molecule has 0 saturated carbocycles. The highest BCUT2D eigenvalue weighted by Gasteiger charge is 2.09. The molecule has 0 aliphatic heterocycles. The van der Waals surface area contributed by atoms with Crippen molar-refractivity contribution in [3.05, 3.63) is 23.8 Å². The SMILES string of the molecule is CCC(C)N(C)c1ccc(C#N)c(N)c1. The van der Waals surface area contributed by atoms with E-state index in [-0.39, 0.29) is 0 Å². The highest BCUT2D eigenvalue weighted by Crippen LogP contribution is 2.22. The third-order valence-corrected chi connectivity index (χ3v) is 2.81. The summed E-state index contributed by atoms with van der Waals surface area (Å²) < 4.78 is 0. The van der Waals surface area contributed by atoms with Crippen LogP contribution in [0.25, 0.3) is 0 Å². The van der Waals surface area contributed by atoms with E-state index in [0.717, 1.165) is 12.1 Å². The van der Waals surface area contributed by atoms with Crippen LogP contribution < -0.4 is 10.6 Å². The van der Waals surface area contributed by atoms with Crippen molar-refractivity contribution in [3.8, 4) is 6.07 Å². The lowest BCUT2D eigenvalue weighted by atomic mass is 10.1. The van der Waals surface area contributed by atoms with Gasteiger partial charge in [0.15, 0.2) is 0 Å². The topological polar surface area (TPSA) is 53.0 Å². The molecule has 0 saturated heterocycles. The largest absolute Gasteiger partial charge is 0.398 e. The van der Waals surface area contributed by atoms with Gasteiger partial charge in [0.05, 0.1) is 11.3 Å². The standard InChI is InChI=1S/C12H17N3/c1-4-9(2)15(3)11-6-5-10(8-13)12(14)7-11/h5-7,9H,4,14H2,1-3H3. The van der Waals surface area contributed by atoms with Gasteiger partial charge < -0.3 is 10.6 Å². The number of nitrogen functional groups attached to an aromatic ring is 1. The monoisotopic (exact) mass is 203 g/mol. The molecule has 0 heterocycles. The fourth-order valence-corrected chi connectivity index (χ4v) is 1.40. The minimum absolute atomic E-state index is 0.470. The van der Waals surface area contributed by atoms with E-state index >= 15 is 0 Å². The van der Waals surface area contributed by atoms with E-state index in [0.29, 0.717) is 17.3 Å². The number of nitriles is 1. The lowest BCUT2D eigenvalue weighted by molar-refractivity contribution is 0.664. The number of anilines is 2. The normalized spacial score (nSPS) is 11.9. The molecule has 0 aromatic heterocycles. The summed E-state index contributed by atoms with van der Waals surface area (Å²) in [7, 11) is 2.04. The molecule has 0 radical (unpaired) electrons. The van der Waals surface area contributed by atoms with Crippen molar-refractivity contribution in [2.75, 3.05) is 17.7 Å². The van der Waals surface area contributed by atoms with Crippen LogP contribution in [-0.2, 0) is 0 Å². The van der Waals surface area contributed by atoms with Crippen LogP contribution in [0, 0.1) is 11.3 Å². The molecular weight excluding hydrogens is 186 g/mol. The molecule has 3 heteroatoms. The van der Waals surface area contributed by atoms with Gasteiger partial charge in [-0.2, -0.15) is 5.26 Å². The summed E-state index contributed by atoms with van der Waals surface area (Å²) in [4.78, 5) is 2.16. The van der Waals surface area contributed by atoms with Crippen LogP contribution in [-0.4, -0.2) is 13.1 Å². The van der Waals surface area contributed by atoms with Gasteiger partial charge in [-0.1, -0.05) is 6.92 Å². The number of hydrogen-bond acceptors (Lipinski definition) is 3. The van der Waals surface area contributed by atoms with Gasteiger partial charge in [0.2, 0.25) is 0 Å². The van der Waals surface area contributed by atoms with Gasteiger partial charge in [-0.3, -0.25) is 0 Å². The molecule has 1 unspecified atom stereocenters. The molecule has 0 fully saturated rings. The maximum absolute atomic E-state index is 8.76. The van der Waals surface area contributed by atoms with Crippen LogP contribution in [0.3, 0.4) is 0 Å². The number of hydrogen-bond donors (Lipinski definition) is 1. The van der Waals surface area contributed by atoms with E-state index in [4.69, 9.17) is 11.0 Å². The van der Waals surface area contributed by atoms with Gasteiger partial charge in [0.25, 0.3) is 0 Å². The lowest BCUT2D eigenvalue weighted by Crippen LogP contribution is -2.27. The average Bonchev–Trinajstić information content (AvgIpc) is 2.26. The van der Waals surface area contributed by atoms with Gasteiger partial charge in [-0.15, -0.1) is 0 Å². The van der Waals surface area contributed by atoms with E-state index < -0.39 is 0 Å². The highest BCUT2D eigenvalue weighted by molar-refractivity contribution is 5.63. The third kappa shape index (κ3) is 2.41. The van der Waals surface area contributed by atoms with E-state index in [1.165, 1.54) is 0 Å². The number of rotatable bonds is 3. The van der Waals surface area contributed by atoms with Crippen LogP contribution in [0.4, 0.5) is 11.4 Å². The van der Waals surface area contributed by atoms with Crippen LogP contribution in [0.15, 0.2) is 18.2 Å². The summed E-state index contributed by atoms with van der Waals surface area (Å²) >= 11 is 0. The summed E-state index contributed by atoms with van der Waals surface area (Å²) in [5.74, 6) is 0. The molecule has 1 aromatic carbocycles. The third-order valence-electron chi connectivity index (χ3n) is 2.81. The molecule has 80 valence electrons. The molecule has 1 aromatic rings. The minimum atomic E-state index is 0.470. The Morgan fingerprint density at radius 1 is 1.53 bits per heavy atom. The molecule has 15 heavy (non-hydrogen) atoms. The van der Waals surface area contributed by atoms with Crippen molar-refractivity contribution in [2.45, 2.75) is 26.3 Å². The molecule has 0 spiro atoms. The fraction of sp³-hybridized carbons (Fsp3) is 0.417. The molecule has 1 atom stereocenters. The van der Waals surface area contributed by atoms with Crippen molar-refractivity contribution in [1.82, 2.24) is 0 Å². The zero-order valence-corrected chi connectivity index (χ0v) is 9.49. The molecule has 0 aliphatic carbocycles. The molecule has 3 nitrogen and oxygen atoms in total. The number of nitrogens with two attached hydrogens (primary N) is 1. The van der Waals surface area contributed by atoms with Crippen molar-refractivity contribution in [1.29, 1.82) is 5.26 Å². The van der Waals surface area contributed by atoms with Gasteiger partial charge >= 0.3 is 0 Å². The summed E-state index contributed by atoms with van der Waals surface area (Å²) in [5, 5.41) is 8.76. The van der Waals surface area contributed by atoms with Crippen molar-refractivity contribution in [2.24, 2.45) is 0 Å². The second-order valence-electron chi connectivity index (χ2n) is 3.75. The smallest absolute Gasteiger partial charge is 0.101 e. The fourth-order valence-electron chi connectivity index (χ4n) is 1.40.